The fraction of sp³-hybridized carbons (Fsp3) is 0.632. The van der Waals surface area contributed by atoms with Gasteiger partial charge in [0.05, 0.1) is 6.04 Å². The van der Waals surface area contributed by atoms with E-state index < -0.39 is 11.7 Å². The average Bonchev–Trinajstić information content (AvgIpc) is 3.02. The van der Waals surface area contributed by atoms with E-state index in [9.17, 15) is 9.59 Å². The lowest BCUT2D eigenvalue weighted by Crippen LogP contribution is -2.43. The van der Waals surface area contributed by atoms with Crippen molar-refractivity contribution in [2.24, 2.45) is 0 Å². The molecule has 1 aliphatic rings. The van der Waals surface area contributed by atoms with E-state index in [1.54, 1.807) is 16.0 Å². The third-order valence-electron chi connectivity index (χ3n) is 4.46. The summed E-state index contributed by atoms with van der Waals surface area (Å²) in [5, 5.41) is 0. The number of carbonyl (C=O) groups excluding carboxylic acids is 2. The molecule has 0 unspecified atom stereocenters. The van der Waals surface area contributed by atoms with Gasteiger partial charge in [-0.1, -0.05) is 13.0 Å². The SMILES string of the molecule is CC[C@H](C)N(C(=O)OC(C)(C)C)c1ncccc1[C@H]1CCCN1C=O. The van der Waals surface area contributed by atoms with Crippen molar-refractivity contribution < 1.29 is 14.3 Å². The molecule has 0 spiro atoms. The summed E-state index contributed by atoms with van der Waals surface area (Å²) in [5.74, 6) is 0.588. The Kier molecular flexibility index (Phi) is 6.03. The molecule has 1 aromatic rings. The third kappa shape index (κ3) is 4.50. The number of likely N-dealkylation sites (tertiary alicyclic amines) is 1. The van der Waals surface area contributed by atoms with Gasteiger partial charge in [-0.15, -0.1) is 0 Å². The smallest absolute Gasteiger partial charge is 0.416 e. The molecule has 0 radical (unpaired) electrons. The number of hydrogen-bond acceptors (Lipinski definition) is 4. The second-order valence-corrected chi connectivity index (χ2v) is 7.53. The maximum Gasteiger partial charge on any atom is 0.416 e. The molecule has 0 N–H and O–H groups in total. The summed E-state index contributed by atoms with van der Waals surface area (Å²) < 4.78 is 5.61. The van der Waals surface area contributed by atoms with Gasteiger partial charge in [-0.3, -0.25) is 9.69 Å². The third-order valence-corrected chi connectivity index (χ3v) is 4.46. The number of anilines is 1. The minimum absolute atomic E-state index is 0.0461. The second-order valence-electron chi connectivity index (χ2n) is 7.53. The monoisotopic (exact) mass is 347 g/mol. The highest BCUT2D eigenvalue weighted by Crippen LogP contribution is 2.36. The van der Waals surface area contributed by atoms with Gasteiger partial charge in [-0.2, -0.15) is 0 Å². The molecule has 1 saturated heterocycles. The minimum Gasteiger partial charge on any atom is -0.443 e. The van der Waals surface area contributed by atoms with Crippen molar-refractivity contribution in [3.63, 3.8) is 0 Å². The van der Waals surface area contributed by atoms with E-state index in [0.717, 1.165) is 37.8 Å². The number of amides is 2. The van der Waals surface area contributed by atoms with Crippen LogP contribution in [-0.2, 0) is 9.53 Å². The Bertz CT molecular complexity index is 612. The largest absolute Gasteiger partial charge is 0.443 e. The fourth-order valence-corrected chi connectivity index (χ4v) is 3.09. The van der Waals surface area contributed by atoms with E-state index in [-0.39, 0.29) is 12.1 Å². The van der Waals surface area contributed by atoms with Gasteiger partial charge in [0.1, 0.15) is 11.4 Å². The first-order valence-corrected chi connectivity index (χ1v) is 8.96. The second kappa shape index (κ2) is 7.85. The van der Waals surface area contributed by atoms with Crippen LogP contribution in [0.2, 0.25) is 0 Å². The van der Waals surface area contributed by atoms with E-state index in [2.05, 4.69) is 4.98 Å². The fourth-order valence-electron chi connectivity index (χ4n) is 3.09. The molecule has 138 valence electrons. The van der Waals surface area contributed by atoms with Crippen molar-refractivity contribution >= 4 is 18.3 Å². The first kappa shape index (κ1) is 19.2. The minimum atomic E-state index is -0.583. The van der Waals surface area contributed by atoms with E-state index in [4.69, 9.17) is 4.74 Å². The highest BCUT2D eigenvalue weighted by atomic mass is 16.6. The Morgan fingerprint density at radius 1 is 1.52 bits per heavy atom. The average molecular weight is 347 g/mol. The maximum atomic E-state index is 12.9. The summed E-state index contributed by atoms with van der Waals surface area (Å²) in [6, 6.07) is 3.70. The van der Waals surface area contributed by atoms with Crippen LogP contribution in [-0.4, -0.2) is 40.6 Å². The summed E-state index contributed by atoms with van der Waals surface area (Å²) in [7, 11) is 0. The van der Waals surface area contributed by atoms with Crippen LogP contribution in [0.5, 0.6) is 0 Å². The first-order valence-electron chi connectivity index (χ1n) is 8.96. The summed E-state index contributed by atoms with van der Waals surface area (Å²) in [6.07, 6.45) is 4.76. The zero-order valence-electron chi connectivity index (χ0n) is 15.9. The van der Waals surface area contributed by atoms with Crippen LogP contribution < -0.4 is 4.90 Å². The number of nitrogens with zero attached hydrogens (tertiary/aromatic N) is 3. The zero-order valence-corrected chi connectivity index (χ0v) is 15.9. The molecule has 0 aliphatic carbocycles. The van der Waals surface area contributed by atoms with E-state index >= 15 is 0 Å². The molecule has 2 rings (SSSR count). The summed E-state index contributed by atoms with van der Waals surface area (Å²) in [4.78, 5) is 32.1. The van der Waals surface area contributed by atoms with Crippen molar-refractivity contribution in [1.29, 1.82) is 0 Å². The topological polar surface area (TPSA) is 62.7 Å². The van der Waals surface area contributed by atoms with Crippen LogP contribution in [0.15, 0.2) is 18.3 Å². The highest BCUT2D eigenvalue weighted by Gasteiger charge is 2.33. The van der Waals surface area contributed by atoms with Crippen LogP contribution in [0, 0.1) is 0 Å². The molecule has 1 aliphatic heterocycles. The molecule has 2 atom stereocenters. The van der Waals surface area contributed by atoms with Crippen LogP contribution in [0.1, 0.15) is 65.5 Å². The molecule has 0 bridgehead atoms. The predicted molar refractivity (Wildman–Crippen MR) is 97.4 cm³/mol. The standard InChI is InChI=1S/C19H29N3O3/c1-6-14(2)22(18(24)25-19(3,4)5)17-15(9-7-11-20-17)16-10-8-12-21(16)13-23/h7,9,11,13-14,16H,6,8,10,12H2,1-5H3/t14-,16+/m0/s1. The lowest BCUT2D eigenvalue weighted by atomic mass is 10.0. The van der Waals surface area contributed by atoms with Gasteiger partial charge < -0.3 is 9.64 Å². The number of hydrogen-bond donors (Lipinski definition) is 0. The quantitative estimate of drug-likeness (QED) is 0.758. The maximum absolute atomic E-state index is 12.9. The molecule has 1 fully saturated rings. The van der Waals surface area contributed by atoms with Crippen molar-refractivity contribution in [3.8, 4) is 0 Å². The lowest BCUT2D eigenvalue weighted by Gasteiger charge is -2.33. The molecule has 6 nitrogen and oxygen atoms in total. The lowest BCUT2D eigenvalue weighted by molar-refractivity contribution is -0.118. The number of aromatic nitrogens is 1. The number of rotatable bonds is 5. The van der Waals surface area contributed by atoms with Crippen LogP contribution in [0.25, 0.3) is 0 Å². The Hall–Kier alpha value is -2.11. The molecule has 0 aromatic carbocycles. The van der Waals surface area contributed by atoms with Gasteiger partial charge in [0.25, 0.3) is 0 Å². The van der Waals surface area contributed by atoms with Crippen LogP contribution in [0.3, 0.4) is 0 Å². The molecule has 0 saturated carbocycles. The molecule has 25 heavy (non-hydrogen) atoms. The van der Waals surface area contributed by atoms with Gasteiger partial charge >= 0.3 is 6.09 Å². The van der Waals surface area contributed by atoms with E-state index in [1.165, 1.54) is 0 Å². The normalized spacial score (nSPS) is 18.8. The summed E-state index contributed by atoms with van der Waals surface area (Å²) in [6.45, 7) is 10.3. The van der Waals surface area contributed by atoms with E-state index in [0.29, 0.717) is 5.82 Å². The van der Waals surface area contributed by atoms with Crippen molar-refractivity contribution in [1.82, 2.24) is 9.88 Å². The predicted octanol–water partition coefficient (Wildman–Crippen LogP) is 3.91. The number of pyridine rings is 1. The Balaban J connectivity index is 2.44. The van der Waals surface area contributed by atoms with Crippen molar-refractivity contribution in [3.05, 3.63) is 23.9 Å². The first-order chi connectivity index (χ1) is 11.8. The number of carbonyl (C=O) groups is 2. The van der Waals surface area contributed by atoms with Crippen LogP contribution in [0.4, 0.5) is 10.6 Å². The molecular weight excluding hydrogens is 318 g/mol. The molecule has 1 aromatic heterocycles. The van der Waals surface area contributed by atoms with Gasteiger partial charge in [-0.05, 0) is 53.0 Å². The molecule has 2 heterocycles. The van der Waals surface area contributed by atoms with Crippen LogP contribution >= 0.6 is 0 Å². The van der Waals surface area contributed by atoms with Gasteiger partial charge in [-0.25, -0.2) is 9.78 Å². The highest BCUT2D eigenvalue weighted by molar-refractivity contribution is 5.88. The van der Waals surface area contributed by atoms with Gasteiger partial charge in [0.15, 0.2) is 0 Å². The van der Waals surface area contributed by atoms with Crippen molar-refractivity contribution in [2.45, 2.75) is 71.6 Å². The molecule has 2 amide bonds. The Morgan fingerprint density at radius 3 is 2.84 bits per heavy atom. The molecule has 6 heteroatoms. The molecular formula is C19H29N3O3. The van der Waals surface area contributed by atoms with Crippen molar-refractivity contribution in [2.75, 3.05) is 11.4 Å². The van der Waals surface area contributed by atoms with Gasteiger partial charge in [0, 0.05) is 24.3 Å². The Labute approximate surface area is 150 Å². The summed E-state index contributed by atoms with van der Waals surface area (Å²) >= 11 is 0. The number of ether oxygens (including phenoxy) is 1. The zero-order chi connectivity index (χ0) is 18.6. The Morgan fingerprint density at radius 2 is 2.24 bits per heavy atom. The van der Waals surface area contributed by atoms with E-state index in [1.807, 2.05) is 46.8 Å². The van der Waals surface area contributed by atoms with Gasteiger partial charge in [0.2, 0.25) is 6.41 Å². The summed E-state index contributed by atoms with van der Waals surface area (Å²) in [5.41, 5.74) is 0.318.